The molecular weight excluding hydrogens is 270 g/mol. The largest absolute Gasteiger partial charge is 0.462 e. The topological polar surface area (TPSA) is 112 Å². The number of nitrogens with zero attached hydrogens (tertiary/aromatic N) is 1. The molecule has 0 aromatic heterocycles. The lowest BCUT2D eigenvalue weighted by Crippen LogP contribution is -2.41. The van der Waals surface area contributed by atoms with Crippen LogP contribution in [0.15, 0.2) is 34.9 Å². The lowest BCUT2D eigenvalue weighted by Gasteiger charge is -2.27. The Labute approximate surface area is 124 Å². The smallest absolute Gasteiger partial charge is 0.344 e. The van der Waals surface area contributed by atoms with Crippen molar-refractivity contribution in [2.45, 2.75) is 33.2 Å². The van der Waals surface area contributed by atoms with E-state index in [1.807, 2.05) is 19.9 Å². The fourth-order valence-corrected chi connectivity index (χ4v) is 1.81. The number of carbonyl (C=O) groups excluding carboxylic acids is 1. The van der Waals surface area contributed by atoms with Gasteiger partial charge in [0.15, 0.2) is 0 Å². The van der Waals surface area contributed by atoms with Crippen LogP contribution in [0.3, 0.4) is 0 Å². The Bertz CT molecular complexity index is 542. The molecule has 0 aromatic carbocycles. The van der Waals surface area contributed by atoms with E-state index in [1.165, 1.54) is 0 Å². The molecule has 7 nitrogen and oxygen atoms in total. The van der Waals surface area contributed by atoms with Gasteiger partial charge in [-0.1, -0.05) is 13.5 Å². The summed E-state index contributed by atoms with van der Waals surface area (Å²) >= 11 is 0. The number of esters is 1. The minimum Gasteiger partial charge on any atom is -0.462 e. The van der Waals surface area contributed by atoms with Crippen LogP contribution < -0.4 is 21.9 Å². The van der Waals surface area contributed by atoms with Crippen molar-refractivity contribution in [3.05, 3.63) is 34.9 Å². The highest BCUT2D eigenvalue weighted by atomic mass is 16.5. The first kappa shape index (κ1) is 16.6. The average Bonchev–Trinajstić information content (AvgIpc) is 2.46. The van der Waals surface area contributed by atoms with Gasteiger partial charge in [-0.15, -0.1) is 0 Å². The van der Waals surface area contributed by atoms with E-state index in [4.69, 9.17) is 10.6 Å². The molecule has 0 fully saturated rings. The molecule has 5 N–H and O–H groups in total. The maximum Gasteiger partial charge on any atom is 0.344 e. The molecule has 1 aliphatic heterocycles. The Kier molecular flexibility index (Phi) is 5.81. The van der Waals surface area contributed by atoms with E-state index in [1.54, 1.807) is 6.92 Å². The minimum atomic E-state index is -0.566. The van der Waals surface area contributed by atoms with Gasteiger partial charge in [0.1, 0.15) is 23.0 Å². The van der Waals surface area contributed by atoms with Crippen molar-refractivity contribution in [1.82, 2.24) is 16.1 Å². The SMILES string of the molecule is C=C1NC(NC(C)CC)=C(C(=O)OCC)C(NN)=C1C#N. The molecule has 0 aliphatic carbocycles. The highest BCUT2D eigenvalue weighted by molar-refractivity contribution is 5.95. The van der Waals surface area contributed by atoms with Gasteiger partial charge in [-0.3, -0.25) is 5.84 Å². The molecular formula is C14H21N5O2. The number of nitriles is 1. The Balaban J connectivity index is 3.39. The van der Waals surface area contributed by atoms with Gasteiger partial charge in [-0.2, -0.15) is 5.26 Å². The summed E-state index contributed by atoms with van der Waals surface area (Å²) in [6.45, 7) is 9.69. The molecule has 1 unspecified atom stereocenters. The molecule has 0 saturated carbocycles. The van der Waals surface area contributed by atoms with E-state index in [0.29, 0.717) is 11.5 Å². The van der Waals surface area contributed by atoms with Crippen LogP contribution in [0.4, 0.5) is 0 Å². The molecule has 0 radical (unpaired) electrons. The van der Waals surface area contributed by atoms with Crippen LogP contribution in [0.5, 0.6) is 0 Å². The second kappa shape index (κ2) is 7.36. The molecule has 1 aliphatic rings. The normalized spacial score (nSPS) is 16.0. The zero-order valence-electron chi connectivity index (χ0n) is 12.5. The van der Waals surface area contributed by atoms with Gasteiger partial charge in [0.05, 0.1) is 18.0 Å². The number of allylic oxidation sites excluding steroid dienone is 1. The molecule has 0 spiro atoms. The number of carbonyl (C=O) groups is 1. The Morgan fingerprint density at radius 3 is 2.71 bits per heavy atom. The van der Waals surface area contributed by atoms with Gasteiger partial charge in [0, 0.05) is 6.04 Å². The van der Waals surface area contributed by atoms with Gasteiger partial charge in [0.25, 0.3) is 0 Å². The maximum absolute atomic E-state index is 12.2. The van der Waals surface area contributed by atoms with E-state index >= 15 is 0 Å². The summed E-state index contributed by atoms with van der Waals surface area (Å²) in [6.07, 6.45) is 0.855. The quantitative estimate of drug-likeness (QED) is 0.320. The molecule has 0 amide bonds. The molecule has 21 heavy (non-hydrogen) atoms. The maximum atomic E-state index is 12.2. The first-order valence-electron chi connectivity index (χ1n) is 6.75. The highest BCUT2D eigenvalue weighted by Crippen LogP contribution is 2.24. The first-order chi connectivity index (χ1) is 9.99. The van der Waals surface area contributed by atoms with Gasteiger partial charge >= 0.3 is 5.97 Å². The lowest BCUT2D eigenvalue weighted by atomic mass is 10.0. The Hall–Kier alpha value is -2.46. The van der Waals surface area contributed by atoms with E-state index in [2.05, 4.69) is 22.6 Å². The number of hydrazine groups is 1. The number of dihydropyridines is 1. The predicted octanol–water partition coefficient (Wildman–Crippen LogP) is 0.507. The molecule has 114 valence electrons. The number of nitrogens with one attached hydrogen (secondary N) is 3. The second-order valence-electron chi connectivity index (χ2n) is 4.53. The second-order valence-corrected chi connectivity index (χ2v) is 4.53. The molecule has 0 bridgehead atoms. The molecule has 0 aromatic rings. The fourth-order valence-electron chi connectivity index (χ4n) is 1.81. The number of ether oxygens (including phenoxy) is 1. The summed E-state index contributed by atoms with van der Waals surface area (Å²) < 4.78 is 5.04. The molecule has 1 rings (SSSR count). The summed E-state index contributed by atoms with van der Waals surface area (Å²) in [5.74, 6) is 5.35. The Morgan fingerprint density at radius 2 is 2.24 bits per heavy atom. The van der Waals surface area contributed by atoms with Crippen molar-refractivity contribution < 1.29 is 9.53 Å². The summed E-state index contributed by atoms with van der Waals surface area (Å²) in [5, 5.41) is 15.3. The average molecular weight is 291 g/mol. The van der Waals surface area contributed by atoms with Crippen molar-refractivity contribution in [2.75, 3.05) is 6.61 Å². The van der Waals surface area contributed by atoms with Gasteiger partial charge in [-0.05, 0) is 20.3 Å². The third-order valence-electron chi connectivity index (χ3n) is 3.07. The van der Waals surface area contributed by atoms with Gasteiger partial charge in [0.2, 0.25) is 0 Å². The van der Waals surface area contributed by atoms with Crippen molar-refractivity contribution in [3.63, 3.8) is 0 Å². The van der Waals surface area contributed by atoms with E-state index in [-0.39, 0.29) is 29.5 Å². The highest BCUT2D eigenvalue weighted by Gasteiger charge is 2.30. The number of nitrogens with two attached hydrogens (primary N) is 1. The molecule has 0 saturated heterocycles. The predicted molar refractivity (Wildman–Crippen MR) is 78.8 cm³/mol. The number of rotatable bonds is 6. The van der Waals surface area contributed by atoms with Crippen LogP contribution >= 0.6 is 0 Å². The lowest BCUT2D eigenvalue weighted by molar-refractivity contribution is -0.138. The van der Waals surface area contributed by atoms with Crippen molar-refractivity contribution in [3.8, 4) is 6.07 Å². The zero-order valence-corrected chi connectivity index (χ0v) is 12.5. The monoisotopic (exact) mass is 291 g/mol. The van der Waals surface area contributed by atoms with E-state index in [9.17, 15) is 10.1 Å². The van der Waals surface area contributed by atoms with Crippen molar-refractivity contribution in [1.29, 1.82) is 5.26 Å². The van der Waals surface area contributed by atoms with Crippen LogP contribution in [-0.4, -0.2) is 18.6 Å². The minimum absolute atomic E-state index is 0.118. The molecule has 7 heteroatoms. The van der Waals surface area contributed by atoms with Crippen LogP contribution in [0.1, 0.15) is 27.2 Å². The van der Waals surface area contributed by atoms with E-state index < -0.39 is 5.97 Å². The molecule has 1 atom stereocenters. The van der Waals surface area contributed by atoms with Crippen LogP contribution in [0.2, 0.25) is 0 Å². The Morgan fingerprint density at radius 1 is 1.57 bits per heavy atom. The van der Waals surface area contributed by atoms with Crippen molar-refractivity contribution >= 4 is 5.97 Å². The first-order valence-corrected chi connectivity index (χ1v) is 6.75. The summed E-state index contributed by atoms with van der Waals surface area (Å²) in [6, 6.07) is 2.09. The van der Waals surface area contributed by atoms with Crippen LogP contribution in [0.25, 0.3) is 0 Å². The summed E-state index contributed by atoms with van der Waals surface area (Å²) in [7, 11) is 0. The standard InChI is InChI=1S/C14H21N5O2/c1-5-8(3)17-13-11(14(20)21-6-2)12(19-16)10(7-15)9(4)18-13/h8,17-19H,4-6,16H2,1-3H3. The fraction of sp³-hybridized carbons (Fsp3) is 0.429. The summed E-state index contributed by atoms with van der Waals surface area (Å²) in [4.78, 5) is 12.2. The van der Waals surface area contributed by atoms with Gasteiger partial charge < -0.3 is 20.8 Å². The number of hydrogen-bond donors (Lipinski definition) is 4. The number of hydrogen-bond acceptors (Lipinski definition) is 7. The van der Waals surface area contributed by atoms with E-state index in [0.717, 1.165) is 6.42 Å². The van der Waals surface area contributed by atoms with Crippen LogP contribution in [0, 0.1) is 11.3 Å². The van der Waals surface area contributed by atoms with Crippen molar-refractivity contribution in [2.24, 2.45) is 5.84 Å². The summed E-state index contributed by atoms with van der Waals surface area (Å²) in [5.41, 5.74) is 3.31. The third-order valence-corrected chi connectivity index (χ3v) is 3.07. The zero-order chi connectivity index (χ0) is 16.0. The third kappa shape index (κ3) is 3.55. The molecule has 1 heterocycles. The van der Waals surface area contributed by atoms with Gasteiger partial charge in [-0.25, -0.2) is 4.79 Å². The van der Waals surface area contributed by atoms with Crippen LogP contribution in [-0.2, 0) is 9.53 Å².